The summed E-state index contributed by atoms with van der Waals surface area (Å²) in [6.45, 7) is 5.26. The molecule has 0 amide bonds. The molecular formula is C34H22N4O4. The van der Waals surface area contributed by atoms with Crippen molar-refractivity contribution in [3.8, 4) is 51.6 Å². The van der Waals surface area contributed by atoms with Crippen molar-refractivity contribution in [1.29, 1.82) is 0 Å². The van der Waals surface area contributed by atoms with Gasteiger partial charge >= 0.3 is 5.97 Å². The molecule has 0 bridgehead atoms. The summed E-state index contributed by atoms with van der Waals surface area (Å²) in [7, 11) is 0. The molecular weight excluding hydrogens is 528 g/mol. The van der Waals surface area contributed by atoms with Crippen LogP contribution >= 0.6 is 0 Å². The molecule has 202 valence electrons. The fourth-order valence-electron chi connectivity index (χ4n) is 4.82. The molecule has 42 heavy (non-hydrogen) atoms. The largest absolute Gasteiger partial charge is 0.423 e. The molecule has 2 aromatic heterocycles. The highest BCUT2D eigenvalue weighted by Gasteiger charge is 2.19. The van der Waals surface area contributed by atoms with E-state index in [-0.39, 0.29) is 23.1 Å². The number of hydrogen-bond acceptors (Lipinski definition) is 8. The third-order valence-electron chi connectivity index (χ3n) is 6.85. The van der Waals surface area contributed by atoms with E-state index in [0.717, 1.165) is 32.7 Å². The minimum atomic E-state index is -0.568. The van der Waals surface area contributed by atoms with Gasteiger partial charge in [-0.15, -0.1) is 20.4 Å². The fourth-order valence-corrected chi connectivity index (χ4v) is 4.82. The van der Waals surface area contributed by atoms with Gasteiger partial charge in [0, 0.05) is 27.8 Å². The van der Waals surface area contributed by atoms with Gasteiger partial charge in [-0.2, -0.15) is 0 Å². The standard InChI is InChI=1S/C34H22N4O4/c1-20(2)34(39)40-25-18-23(30-35-37-32(41-30)28-15-7-11-21-9-3-5-13-26(21)28)17-24(19-25)31-36-38-33(42-31)29-16-8-12-22-10-4-6-14-27(22)29/h3-19H,1H2,2H3. The van der Waals surface area contributed by atoms with Gasteiger partial charge in [0.05, 0.1) is 0 Å². The summed E-state index contributed by atoms with van der Waals surface area (Å²) in [5, 5.41) is 21.3. The van der Waals surface area contributed by atoms with Gasteiger partial charge in [-0.05, 0) is 58.8 Å². The van der Waals surface area contributed by atoms with Crippen molar-refractivity contribution in [3.05, 3.63) is 115 Å². The Morgan fingerprint density at radius 1 is 0.619 bits per heavy atom. The number of hydrogen-bond donors (Lipinski definition) is 0. The summed E-state index contributed by atoms with van der Waals surface area (Å²) in [5.74, 6) is 0.877. The third kappa shape index (κ3) is 4.61. The van der Waals surface area contributed by atoms with Crippen molar-refractivity contribution in [1.82, 2.24) is 20.4 Å². The number of fused-ring (bicyclic) bond motifs is 2. The number of carbonyl (C=O) groups is 1. The second-order valence-corrected chi connectivity index (χ2v) is 9.79. The molecule has 0 atom stereocenters. The van der Waals surface area contributed by atoms with Crippen molar-refractivity contribution in [2.75, 3.05) is 0 Å². The second-order valence-electron chi connectivity index (χ2n) is 9.79. The molecule has 7 aromatic rings. The molecule has 7 rings (SSSR count). The molecule has 0 aliphatic heterocycles. The molecule has 2 heterocycles. The van der Waals surface area contributed by atoms with Crippen LogP contribution in [-0.4, -0.2) is 26.4 Å². The Hall–Kier alpha value is -5.89. The van der Waals surface area contributed by atoms with E-state index in [1.807, 2.05) is 84.9 Å². The summed E-state index contributed by atoms with van der Waals surface area (Å²) in [4.78, 5) is 12.4. The average molecular weight is 551 g/mol. The first-order valence-corrected chi connectivity index (χ1v) is 13.2. The van der Waals surface area contributed by atoms with E-state index in [1.165, 1.54) is 0 Å². The number of rotatable bonds is 6. The predicted molar refractivity (Wildman–Crippen MR) is 159 cm³/mol. The second kappa shape index (κ2) is 10.3. The predicted octanol–water partition coefficient (Wildman–Crippen LogP) is 7.91. The van der Waals surface area contributed by atoms with Crippen LogP contribution in [0.1, 0.15) is 6.92 Å². The monoisotopic (exact) mass is 550 g/mol. The lowest BCUT2D eigenvalue weighted by atomic mass is 10.0. The van der Waals surface area contributed by atoms with Crippen LogP contribution in [0.25, 0.3) is 67.4 Å². The maximum Gasteiger partial charge on any atom is 0.338 e. The Balaban J connectivity index is 1.31. The summed E-state index contributed by atoms with van der Waals surface area (Å²) in [6.07, 6.45) is 0. The minimum absolute atomic E-state index is 0.237. The Bertz CT molecular complexity index is 2000. The Kier molecular flexibility index (Phi) is 6.13. The smallest absolute Gasteiger partial charge is 0.338 e. The van der Waals surface area contributed by atoms with Crippen LogP contribution < -0.4 is 4.74 Å². The molecule has 8 nitrogen and oxygen atoms in total. The lowest BCUT2D eigenvalue weighted by molar-refractivity contribution is -0.130. The quantitative estimate of drug-likeness (QED) is 0.117. The number of benzene rings is 5. The Labute approximate surface area is 239 Å². The lowest BCUT2D eigenvalue weighted by Gasteiger charge is -2.07. The first kappa shape index (κ1) is 25.1. The summed E-state index contributed by atoms with van der Waals surface area (Å²) in [5.41, 5.74) is 2.91. The Morgan fingerprint density at radius 3 is 1.57 bits per heavy atom. The minimum Gasteiger partial charge on any atom is -0.423 e. The highest BCUT2D eigenvalue weighted by Crippen LogP contribution is 2.35. The van der Waals surface area contributed by atoms with Gasteiger partial charge in [-0.1, -0.05) is 79.4 Å². The van der Waals surface area contributed by atoms with Crippen molar-refractivity contribution in [3.63, 3.8) is 0 Å². The zero-order valence-electron chi connectivity index (χ0n) is 22.4. The molecule has 8 heteroatoms. The first-order valence-electron chi connectivity index (χ1n) is 13.2. The van der Waals surface area contributed by atoms with Gasteiger partial charge in [-0.25, -0.2) is 4.79 Å². The molecule has 5 aromatic carbocycles. The molecule has 0 saturated carbocycles. The van der Waals surface area contributed by atoms with E-state index in [9.17, 15) is 4.79 Å². The number of ether oxygens (including phenoxy) is 1. The number of aromatic nitrogens is 4. The van der Waals surface area contributed by atoms with E-state index >= 15 is 0 Å². The van der Waals surface area contributed by atoms with Gasteiger partial charge in [0.1, 0.15) is 5.75 Å². The van der Waals surface area contributed by atoms with E-state index in [0.29, 0.717) is 22.9 Å². The van der Waals surface area contributed by atoms with Gasteiger partial charge in [0.2, 0.25) is 23.6 Å². The van der Waals surface area contributed by atoms with Gasteiger partial charge in [0.15, 0.2) is 0 Å². The Morgan fingerprint density at radius 2 is 1.07 bits per heavy atom. The molecule has 0 aliphatic carbocycles. The molecule has 0 saturated heterocycles. The van der Waals surface area contributed by atoms with Crippen LogP contribution in [0.4, 0.5) is 0 Å². The van der Waals surface area contributed by atoms with E-state index in [2.05, 4.69) is 27.0 Å². The summed E-state index contributed by atoms with van der Waals surface area (Å²) >= 11 is 0. The SMILES string of the molecule is C=C(C)C(=O)Oc1cc(-c2nnc(-c3cccc4ccccc34)o2)cc(-c2nnc(-c3cccc4ccccc34)o2)c1. The van der Waals surface area contributed by atoms with Gasteiger partial charge < -0.3 is 13.6 Å². The summed E-state index contributed by atoms with van der Waals surface area (Å²) < 4.78 is 17.9. The highest BCUT2D eigenvalue weighted by atomic mass is 16.5. The zero-order valence-corrected chi connectivity index (χ0v) is 22.4. The van der Waals surface area contributed by atoms with Crippen molar-refractivity contribution < 1.29 is 18.4 Å². The third-order valence-corrected chi connectivity index (χ3v) is 6.85. The van der Waals surface area contributed by atoms with Crippen molar-refractivity contribution in [2.24, 2.45) is 0 Å². The average Bonchev–Trinajstić information content (AvgIpc) is 3.71. The van der Waals surface area contributed by atoms with Crippen LogP contribution in [0.2, 0.25) is 0 Å². The van der Waals surface area contributed by atoms with Crippen LogP contribution in [0, 0.1) is 0 Å². The normalized spacial score (nSPS) is 11.2. The van der Waals surface area contributed by atoms with Crippen molar-refractivity contribution in [2.45, 2.75) is 6.92 Å². The van der Waals surface area contributed by atoms with Gasteiger partial charge in [-0.3, -0.25) is 0 Å². The molecule has 0 aliphatic rings. The molecule has 0 unspecified atom stereocenters. The fraction of sp³-hybridized carbons (Fsp3) is 0.0294. The van der Waals surface area contributed by atoms with Crippen LogP contribution in [0.15, 0.2) is 124 Å². The lowest BCUT2D eigenvalue weighted by Crippen LogP contribution is -2.08. The van der Waals surface area contributed by atoms with E-state index in [1.54, 1.807) is 25.1 Å². The first-order chi connectivity index (χ1) is 20.5. The zero-order chi connectivity index (χ0) is 28.6. The van der Waals surface area contributed by atoms with Crippen LogP contribution in [-0.2, 0) is 4.79 Å². The van der Waals surface area contributed by atoms with E-state index in [4.69, 9.17) is 13.6 Å². The highest BCUT2D eigenvalue weighted by molar-refractivity contribution is 5.95. The van der Waals surface area contributed by atoms with Gasteiger partial charge in [0.25, 0.3) is 0 Å². The molecule has 0 N–H and O–H groups in total. The number of esters is 1. The van der Waals surface area contributed by atoms with Crippen molar-refractivity contribution >= 4 is 27.5 Å². The summed E-state index contributed by atoms with van der Waals surface area (Å²) in [6, 6.07) is 32.8. The molecule has 0 fully saturated rings. The number of nitrogens with zero attached hydrogens (tertiary/aromatic N) is 4. The van der Waals surface area contributed by atoms with Crippen LogP contribution in [0.3, 0.4) is 0 Å². The van der Waals surface area contributed by atoms with Crippen LogP contribution in [0.5, 0.6) is 5.75 Å². The topological polar surface area (TPSA) is 104 Å². The molecule has 0 spiro atoms. The maximum atomic E-state index is 12.4. The maximum absolute atomic E-state index is 12.4. The number of carbonyl (C=O) groups excluding carboxylic acids is 1. The van der Waals surface area contributed by atoms with E-state index < -0.39 is 5.97 Å². The molecule has 0 radical (unpaired) electrons.